The minimum Gasteiger partial charge on any atom is -0.335 e. The molecule has 1 saturated heterocycles. The lowest BCUT2D eigenvalue weighted by atomic mass is 10.2. The van der Waals surface area contributed by atoms with Crippen molar-refractivity contribution in [2.24, 2.45) is 0 Å². The van der Waals surface area contributed by atoms with Crippen molar-refractivity contribution in [1.82, 2.24) is 14.8 Å². The van der Waals surface area contributed by atoms with Crippen molar-refractivity contribution in [2.45, 2.75) is 12.8 Å². The first-order valence-corrected chi connectivity index (χ1v) is 9.53. The van der Waals surface area contributed by atoms with Crippen molar-refractivity contribution in [3.8, 4) is 0 Å². The predicted molar refractivity (Wildman–Crippen MR) is 104 cm³/mol. The van der Waals surface area contributed by atoms with Crippen LogP contribution in [0.25, 0.3) is 0 Å². The number of rotatable bonds is 4. The van der Waals surface area contributed by atoms with Gasteiger partial charge in [-0.05, 0) is 30.2 Å². The number of nitrogens with zero attached hydrogens (tertiary/aromatic N) is 4. The van der Waals surface area contributed by atoms with Gasteiger partial charge in [0.15, 0.2) is 0 Å². The number of fused-ring (bicyclic) bond motifs is 1. The van der Waals surface area contributed by atoms with Crippen LogP contribution in [0.4, 0.5) is 5.69 Å². The Morgan fingerprint density at radius 2 is 1.70 bits per heavy atom. The first kappa shape index (κ1) is 17.7. The fraction of sp³-hybridized carbons (Fsp3) is 0.381. The van der Waals surface area contributed by atoms with Crippen LogP contribution < -0.4 is 4.90 Å². The van der Waals surface area contributed by atoms with Gasteiger partial charge in [0.25, 0.3) is 5.91 Å². The molecule has 0 unspecified atom stereocenters. The van der Waals surface area contributed by atoms with Gasteiger partial charge >= 0.3 is 0 Å². The van der Waals surface area contributed by atoms with Gasteiger partial charge in [-0.3, -0.25) is 19.5 Å². The molecule has 140 valence electrons. The van der Waals surface area contributed by atoms with Gasteiger partial charge in [0, 0.05) is 57.6 Å². The molecule has 0 atom stereocenters. The maximum Gasteiger partial charge on any atom is 0.272 e. The Balaban J connectivity index is 1.25. The van der Waals surface area contributed by atoms with E-state index in [4.69, 9.17) is 0 Å². The normalized spacial score (nSPS) is 17.0. The monoisotopic (exact) mass is 364 g/mol. The molecule has 2 amide bonds. The summed E-state index contributed by atoms with van der Waals surface area (Å²) in [5, 5.41) is 0. The molecule has 1 aromatic carbocycles. The van der Waals surface area contributed by atoms with E-state index >= 15 is 0 Å². The summed E-state index contributed by atoms with van der Waals surface area (Å²) < 4.78 is 0. The zero-order chi connectivity index (χ0) is 18.6. The number of carbonyl (C=O) groups excluding carboxylic acids is 2. The predicted octanol–water partition coefficient (Wildman–Crippen LogP) is 1.82. The number of pyridine rings is 1. The number of amides is 2. The van der Waals surface area contributed by atoms with E-state index in [0.29, 0.717) is 25.2 Å². The highest BCUT2D eigenvalue weighted by molar-refractivity contribution is 5.95. The maximum atomic E-state index is 12.6. The number of hydrogen-bond acceptors (Lipinski definition) is 4. The Bertz CT molecular complexity index is 816. The minimum absolute atomic E-state index is 0.0139. The molecule has 3 heterocycles. The molecule has 1 aromatic heterocycles. The summed E-state index contributed by atoms with van der Waals surface area (Å²) in [6.07, 6.45) is 3.10. The Labute approximate surface area is 159 Å². The lowest BCUT2D eigenvalue weighted by molar-refractivity contribution is -0.118. The molecule has 0 bridgehead atoms. The molecule has 0 spiro atoms. The number of aromatic nitrogens is 1. The number of anilines is 1. The standard InChI is InChI=1S/C21H24N4O2/c26-20(25-12-8-17-5-1-2-7-19(17)25)9-11-23-13-15-24(16-14-23)21(27)18-6-3-4-10-22-18/h1-7,10H,8-9,11-16H2. The Hall–Kier alpha value is -2.73. The average Bonchev–Trinajstić information content (AvgIpc) is 3.17. The highest BCUT2D eigenvalue weighted by Gasteiger charge is 2.26. The van der Waals surface area contributed by atoms with E-state index in [9.17, 15) is 9.59 Å². The average molecular weight is 364 g/mol. The molecule has 0 aliphatic carbocycles. The summed E-state index contributed by atoms with van der Waals surface area (Å²) in [5.41, 5.74) is 2.81. The van der Waals surface area contributed by atoms with Gasteiger partial charge in [-0.15, -0.1) is 0 Å². The molecular formula is C21H24N4O2. The number of benzene rings is 1. The number of carbonyl (C=O) groups is 2. The summed E-state index contributed by atoms with van der Waals surface area (Å²) in [6, 6.07) is 13.5. The zero-order valence-corrected chi connectivity index (χ0v) is 15.4. The topological polar surface area (TPSA) is 56.8 Å². The van der Waals surface area contributed by atoms with Crippen LogP contribution in [0.2, 0.25) is 0 Å². The van der Waals surface area contributed by atoms with Crippen LogP contribution in [0, 0.1) is 0 Å². The molecule has 0 N–H and O–H groups in total. The number of hydrogen-bond donors (Lipinski definition) is 0. The molecule has 2 aliphatic heterocycles. The second-order valence-electron chi connectivity index (χ2n) is 7.02. The van der Waals surface area contributed by atoms with E-state index in [0.717, 1.165) is 38.3 Å². The Kier molecular flexibility index (Phi) is 5.16. The van der Waals surface area contributed by atoms with E-state index in [1.165, 1.54) is 5.56 Å². The molecule has 2 aliphatic rings. The highest BCUT2D eigenvalue weighted by atomic mass is 16.2. The number of piperazine rings is 1. The summed E-state index contributed by atoms with van der Waals surface area (Å²) in [6.45, 7) is 4.46. The van der Waals surface area contributed by atoms with Crippen molar-refractivity contribution < 1.29 is 9.59 Å². The lowest BCUT2D eigenvalue weighted by Gasteiger charge is -2.34. The summed E-state index contributed by atoms with van der Waals surface area (Å²) in [5.74, 6) is 0.173. The van der Waals surface area contributed by atoms with Crippen molar-refractivity contribution in [3.63, 3.8) is 0 Å². The van der Waals surface area contributed by atoms with E-state index < -0.39 is 0 Å². The van der Waals surface area contributed by atoms with Gasteiger partial charge in [-0.25, -0.2) is 0 Å². The van der Waals surface area contributed by atoms with E-state index in [1.807, 2.05) is 40.1 Å². The Morgan fingerprint density at radius 3 is 2.48 bits per heavy atom. The van der Waals surface area contributed by atoms with Gasteiger partial charge in [0.2, 0.25) is 5.91 Å². The lowest BCUT2D eigenvalue weighted by Crippen LogP contribution is -2.49. The van der Waals surface area contributed by atoms with E-state index in [2.05, 4.69) is 16.0 Å². The zero-order valence-electron chi connectivity index (χ0n) is 15.4. The van der Waals surface area contributed by atoms with Gasteiger partial charge in [-0.2, -0.15) is 0 Å². The quantitative estimate of drug-likeness (QED) is 0.830. The van der Waals surface area contributed by atoms with Crippen LogP contribution in [-0.2, 0) is 11.2 Å². The van der Waals surface area contributed by atoms with Crippen molar-refractivity contribution in [3.05, 3.63) is 59.9 Å². The van der Waals surface area contributed by atoms with Gasteiger partial charge in [0.1, 0.15) is 5.69 Å². The highest BCUT2D eigenvalue weighted by Crippen LogP contribution is 2.27. The maximum absolute atomic E-state index is 12.6. The molecule has 27 heavy (non-hydrogen) atoms. The molecule has 0 saturated carbocycles. The molecule has 6 nitrogen and oxygen atoms in total. The first-order chi connectivity index (χ1) is 13.2. The molecule has 0 radical (unpaired) electrons. The Morgan fingerprint density at radius 1 is 0.926 bits per heavy atom. The van der Waals surface area contributed by atoms with Crippen LogP contribution in [0.15, 0.2) is 48.7 Å². The smallest absolute Gasteiger partial charge is 0.272 e. The minimum atomic E-state index is -0.0139. The fourth-order valence-electron chi connectivity index (χ4n) is 3.81. The molecule has 2 aromatic rings. The van der Waals surface area contributed by atoms with Crippen molar-refractivity contribution >= 4 is 17.5 Å². The largest absolute Gasteiger partial charge is 0.335 e. The van der Waals surface area contributed by atoms with E-state index in [1.54, 1.807) is 12.3 Å². The SMILES string of the molecule is O=C(c1ccccn1)N1CCN(CCC(=O)N2CCc3ccccc32)CC1. The van der Waals surface area contributed by atoms with Crippen LogP contribution in [-0.4, -0.2) is 65.9 Å². The first-order valence-electron chi connectivity index (χ1n) is 9.53. The van der Waals surface area contributed by atoms with Crippen LogP contribution in [0.3, 0.4) is 0 Å². The molecule has 6 heteroatoms. The third-order valence-electron chi connectivity index (χ3n) is 5.37. The third kappa shape index (κ3) is 3.85. The van der Waals surface area contributed by atoms with Crippen LogP contribution >= 0.6 is 0 Å². The fourth-order valence-corrected chi connectivity index (χ4v) is 3.81. The van der Waals surface area contributed by atoms with Crippen LogP contribution in [0.1, 0.15) is 22.5 Å². The summed E-state index contributed by atoms with van der Waals surface area (Å²) in [7, 11) is 0. The third-order valence-corrected chi connectivity index (χ3v) is 5.37. The van der Waals surface area contributed by atoms with Gasteiger partial charge in [-0.1, -0.05) is 24.3 Å². The van der Waals surface area contributed by atoms with Gasteiger partial charge < -0.3 is 9.80 Å². The van der Waals surface area contributed by atoms with Crippen molar-refractivity contribution in [1.29, 1.82) is 0 Å². The molecule has 1 fully saturated rings. The second kappa shape index (κ2) is 7.88. The second-order valence-corrected chi connectivity index (χ2v) is 7.02. The molecular weight excluding hydrogens is 340 g/mol. The van der Waals surface area contributed by atoms with Crippen LogP contribution in [0.5, 0.6) is 0 Å². The number of para-hydroxylation sites is 1. The summed E-state index contributed by atoms with van der Waals surface area (Å²) >= 11 is 0. The summed E-state index contributed by atoms with van der Waals surface area (Å²) in [4.78, 5) is 35.2. The van der Waals surface area contributed by atoms with E-state index in [-0.39, 0.29) is 11.8 Å². The van der Waals surface area contributed by atoms with Gasteiger partial charge in [0.05, 0.1) is 0 Å². The van der Waals surface area contributed by atoms with Crippen molar-refractivity contribution in [2.75, 3.05) is 44.2 Å². The molecule has 4 rings (SSSR count).